The Morgan fingerprint density at radius 2 is 1.56 bits per heavy atom. The topological polar surface area (TPSA) is 59.0 Å². The van der Waals surface area contributed by atoms with E-state index in [-0.39, 0.29) is 6.03 Å². The highest BCUT2D eigenvalue weighted by molar-refractivity contribution is 6.35. The molecule has 218 valence electrons. The molecular weight excluding hydrogens is 575 g/mol. The summed E-state index contributed by atoms with van der Waals surface area (Å²) >= 11 is 18.9. The van der Waals surface area contributed by atoms with Crippen LogP contribution in [0.25, 0.3) is 16.9 Å². The van der Waals surface area contributed by atoms with Crippen LogP contribution in [0.2, 0.25) is 15.1 Å². The van der Waals surface area contributed by atoms with Crippen LogP contribution in [0.4, 0.5) is 4.79 Å². The van der Waals surface area contributed by atoms with E-state index in [1.165, 1.54) is 57.8 Å². The summed E-state index contributed by atoms with van der Waals surface area (Å²) in [7, 11) is 0. The number of aromatic nitrogens is 2. The molecule has 0 unspecified atom stereocenters. The van der Waals surface area contributed by atoms with Crippen LogP contribution in [-0.4, -0.2) is 22.4 Å². The number of nitrogens with one attached hydrogen (secondary N) is 2. The van der Waals surface area contributed by atoms with E-state index in [1.807, 2.05) is 41.9 Å². The predicted molar refractivity (Wildman–Crippen MR) is 168 cm³/mol. The van der Waals surface area contributed by atoms with Crippen molar-refractivity contribution in [3.05, 3.63) is 68.8 Å². The van der Waals surface area contributed by atoms with Crippen molar-refractivity contribution in [3.63, 3.8) is 0 Å². The molecule has 1 aromatic heterocycles. The number of carbonyl (C=O) groups excluding carboxylic acids is 1. The monoisotopic (exact) mass is 612 g/mol. The highest BCUT2D eigenvalue weighted by atomic mass is 35.5. The number of hydrogen-bond donors (Lipinski definition) is 2. The number of hydrogen-bond acceptors (Lipinski definition) is 2. The highest BCUT2D eigenvalue weighted by Gasteiger charge is 2.50. The van der Waals surface area contributed by atoms with E-state index < -0.39 is 0 Å². The van der Waals surface area contributed by atoms with E-state index in [4.69, 9.17) is 39.9 Å². The fraction of sp³-hybridized carbons (Fsp3) is 0.515. The van der Waals surface area contributed by atoms with Gasteiger partial charge in [0.2, 0.25) is 0 Å². The Labute approximate surface area is 258 Å². The smallest absolute Gasteiger partial charge is 0.315 e. The van der Waals surface area contributed by atoms with E-state index in [1.54, 1.807) is 12.1 Å². The fourth-order valence-electron chi connectivity index (χ4n) is 8.31. The summed E-state index contributed by atoms with van der Waals surface area (Å²) in [5, 5.41) is 12.6. The molecule has 8 heteroatoms. The minimum Gasteiger partial charge on any atom is -0.338 e. The van der Waals surface area contributed by atoms with Gasteiger partial charge >= 0.3 is 6.03 Å². The van der Waals surface area contributed by atoms with Gasteiger partial charge in [-0.1, -0.05) is 59.8 Å². The van der Waals surface area contributed by atoms with Gasteiger partial charge in [0.25, 0.3) is 0 Å². The molecule has 2 amide bonds. The third-order valence-corrected chi connectivity index (χ3v) is 10.5. The number of halogens is 3. The summed E-state index contributed by atoms with van der Waals surface area (Å²) in [6, 6.07) is 12.8. The summed E-state index contributed by atoms with van der Waals surface area (Å²) in [5.74, 6) is 3.06. The number of urea groups is 1. The highest BCUT2D eigenvalue weighted by Crippen LogP contribution is 2.61. The average molecular weight is 614 g/mol. The summed E-state index contributed by atoms with van der Waals surface area (Å²) in [4.78, 5) is 12.6. The molecule has 0 saturated heterocycles. The Morgan fingerprint density at radius 3 is 2.22 bits per heavy atom. The quantitative estimate of drug-likeness (QED) is 0.224. The van der Waals surface area contributed by atoms with Crippen LogP contribution in [0.3, 0.4) is 0 Å². The lowest BCUT2D eigenvalue weighted by atomic mass is 9.48. The zero-order valence-electron chi connectivity index (χ0n) is 23.7. The Hall–Kier alpha value is -2.21. The summed E-state index contributed by atoms with van der Waals surface area (Å²) < 4.78 is 1.82. The van der Waals surface area contributed by atoms with Gasteiger partial charge in [0.15, 0.2) is 0 Å². The second-order valence-electron chi connectivity index (χ2n) is 12.8. The molecule has 7 rings (SSSR count). The predicted octanol–water partition coefficient (Wildman–Crippen LogP) is 9.38. The molecule has 0 atom stereocenters. The van der Waals surface area contributed by atoms with Gasteiger partial charge in [-0.2, -0.15) is 5.10 Å². The number of nitrogens with zero attached hydrogens (tertiary/aromatic N) is 2. The Morgan fingerprint density at radius 1 is 0.902 bits per heavy atom. The van der Waals surface area contributed by atoms with E-state index in [2.05, 4.69) is 10.6 Å². The van der Waals surface area contributed by atoms with Crippen molar-refractivity contribution in [1.82, 2.24) is 20.4 Å². The molecule has 3 aromatic rings. The van der Waals surface area contributed by atoms with Crippen molar-refractivity contribution in [2.75, 3.05) is 6.54 Å². The molecule has 0 radical (unpaired) electrons. The molecule has 41 heavy (non-hydrogen) atoms. The molecule has 4 aliphatic carbocycles. The third-order valence-electron chi connectivity index (χ3n) is 9.73. The van der Waals surface area contributed by atoms with Crippen LogP contribution in [0.1, 0.15) is 75.5 Å². The van der Waals surface area contributed by atoms with E-state index in [0.29, 0.717) is 39.3 Å². The van der Waals surface area contributed by atoms with Crippen molar-refractivity contribution in [1.29, 1.82) is 0 Å². The SMILES string of the molecule is Cc1c(CNC(=O)NCCCCCC23CC4CC(CC(C4)C2)C3)nn(-c2ccc(Cl)cc2Cl)c1-c1ccc(Cl)cc1. The van der Waals surface area contributed by atoms with Crippen molar-refractivity contribution >= 4 is 40.8 Å². The normalized spacial score (nSPS) is 24.5. The first-order chi connectivity index (χ1) is 19.8. The van der Waals surface area contributed by atoms with Gasteiger partial charge in [0.1, 0.15) is 0 Å². The van der Waals surface area contributed by atoms with Crippen LogP contribution in [-0.2, 0) is 6.54 Å². The number of rotatable bonds is 10. The van der Waals surface area contributed by atoms with Crippen LogP contribution >= 0.6 is 34.8 Å². The lowest BCUT2D eigenvalue weighted by Gasteiger charge is -2.57. The largest absolute Gasteiger partial charge is 0.338 e. The first-order valence-corrected chi connectivity index (χ1v) is 16.2. The number of carbonyl (C=O) groups is 1. The molecule has 0 aliphatic heterocycles. The standard InChI is InChI=1S/C33H39Cl3N4O/c1-21-29(39-40(30-10-9-27(35)16-28(30)36)31(21)25-5-7-26(34)8-6-25)20-38-32(41)37-12-4-2-3-11-33-17-22-13-23(18-33)15-24(14-22)19-33/h5-10,16,22-24H,2-4,11-15,17-20H2,1H3,(H2,37,38,41). The van der Waals surface area contributed by atoms with Crippen LogP contribution in [0.15, 0.2) is 42.5 Å². The lowest BCUT2D eigenvalue weighted by molar-refractivity contribution is -0.0583. The van der Waals surface area contributed by atoms with Crippen molar-refractivity contribution < 1.29 is 4.79 Å². The number of unbranched alkanes of at least 4 members (excludes halogenated alkanes) is 2. The zero-order chi connectivity index (χ0) is 28.6. The van der Waals surface area contributed by atoms with Crippen molar-refractivity contribution in [3.8, 4) is 16.9 Å². The molecule has 1 heterocycles. The molecule has 5 nitrogen and oxygen atoms in total. The van der Waals surface area contributed by atoms with Gasteiger partial charge in [-0.15, -0.1) is 0 Å². The van der Waals surface area contributed by atoms with Crippen molar-refractivity contribution in [2.45, 2.75) is 77.7 Å². The van der Waals surface area contributed by atoms with Gasteiger partial charge in [-0.25, -0.2) is 9.48 Å². The van der Waals surface area contributed by atoms with E-state index >= 15 is 0 Å². The van der Waals surface area contributed by atoms with Gasteiger partial charge in [0.05, 0.1) is 28.6 Å². The first-order valence-electron chi connectivity index (χ1n) is 15.1. The van der Waals surface area contributed by atoms with Crippen LogP contribution < -0.4 is 10.6 Å². The van der Waals surface area contributed by atoms with Gasteiger partial charge < -0.3 is 10.6 Å². The summed E-state index contributed by atoms with van der Waals surface area (Å²) in [6.07, 6.45) is 13.8. The molecule has 4 saturated carbocycles. The Bertz CT molecular complexity index is 1360. The summed E-state index contributed by atoms with van der Waals surface area (Å²) in [6.45, 7) is 3.01. The van der Waals surface area contributed by atoms with Gasteiger partial charge in [-0.3, -0.25) is 0 Å². The minimum atomic E-state index is -0.169. The molecule has 2 aromatic carbocycles. The van der Waals surface area contributed by atoms with Gasteiger partial charge in [0, 0.05) is 27.7 Å². The molecule has 4 bridgehead atoms. The Balaban J connectivity index is 1.02. The second kappa shape index (κ2) is 12.2. The second-order valence-corrected chi connectivity index (χ2v) is 14.1. The maximum absolute atomic E-state index is 12.6. The number of benzene rings is 2. The van der Waals surface area contributed by atoms with E-state index in [9.17, 15) is 4.79 Å². The Kier molecular flexibility index (Phi) is 8.59. The first kappa shape index (κ1) is 28.9. The fourth-order valence-corrected chi connectivity index (χ4v) is 8.92. The van der Waals surface area contributed by atoms with Crippen LogP contribution in [0.5, 0.6) is 0 Å². The molecule has 2 N–H and O–H groups in total. The minimum absolute atomic E-state index is 0.169. The van der Waals surface area contributed by atoms with Gasteiger partial charge in [-0.05, 0) is 112 Å². The number of amides is 2. The average Bonchev–Trinajstić information content (AvgIpc) is 3.24. The lowest BCUT2D eigenvalue weighted by Crippen LogP contribution is -2.45. The maximum Gasteiger partial charge on any atom is 0.315 e. The molecule has 4 aliphatic rings. The van der Waals surface area contributed by atoms with Crippen LogP contribution in [0, 0.1) is 30.1 Å². The third kappa shape index (κ3) is 6.43. The maximum atomic E-state index is 12.6. The van der Waals surface area contributed by atoms with Crippen molar-refractivity contribution in [2.24, 2.45) is 23.2 Å². The zero-order valence-corrected chi connectivity index (χ0v) is 26.0. The molecular formula is C33H39Cl3N4O. The van der Waals surface area contributed by atoms with E-state index in [0.717, 1.165) is 46.7 Å². The molecule has 0 spiro atoms. The summed E-state index contributed by atoms with van der Waals surface area (Å²) in [5.41, 5.74) is 4.95. The molecule has 4 fully saturated rings.